The fourth-order valence-electron chi connectivity index (χ4n) is 3.14. The molecule has 1 heterocycles. The summed E-state index contributed by atoms with van der Waals surface area (Å²) in [6, 6.07) is 13.4. The highest BCUT2D eigenvalue weighted by molar-refractivity contribution is 6.30. The zero-order valence-corrected chi connectivity index (χ0v) is 17.1. The summed E-state index contributed by atoms with van der Waals surface area (Å²) < 4.78 is 10.8. The van der Waals surface area contributed by atoms with Gasteiger partial charge in [-0.2, -0.15) is 0 Å². The molecule has 2 amide bonds. The second-order valence-corrected chi connectivity index (χ2v) is 7.08. The minimum absolute atomic E-state index is 0.338. The molecule has 152 valence electrons. The van der Waals surface area contributed by atoms with Gasteiger partial charge in [0.15, 0.2) is 0 Å². The van der Waals surface area contributed by atoms with E-state index in [4.69, 9.17) is 21.1 Å². The van der Waals surface area contributed by atoms with Crippen molar-refractivity contribution in [2.24, 2.45) is 0 Å². The number of unbranched alkanes of at least 4 members (excludes halogenated alkanes) is 1. The Labute approximate surface area is 174 Å². The number of amides is 2. The fourth-order valence-corrected chi connectivity index (χ4v) is 3.26. The van der Waals surface area contributed by atoms with E-state index in [1.165, 1.54) is 7.11 Å². The van der Waals surface area contributed by atoms with Crippen LogP contribution in [0.5, 0.6) is 11.5 Å². The minimum Gasteiger partial charge on any atom is -0.466 e. The summed E-state index contributed by atoms with van der Waals surface area (Å²) in [6.07, 6.45) is 2.40. The first-order valence-corrected chi connectivity index (χ1v) is 9.82. The standard InChI is InChI=1S/C22H23ClN2O4/c1-3-4-5-18-19(21(26)28-2)20(25-22(27)24-18)14-6-10-16(11-7-14)29-17-12-8-15(23)9-13-17/h6-13,20H,3-5H2,1-2H3,(H2,24,25,27). The molecule has 0 bridgehead atoms. The summed E-state index contributed by atoms with van der Waals surface area (Å²) in [5.74, 6) is 0.829. The lowest BCUT2D eigenvalue weighted by Crippen LogP contribution is -2.45. The monoisotopic (exact) mass is 414 g/mol. The number of allylic oxidation sites excluding steroid dienone is 1. The van der Waals surface area contributed by atoms with Crippen molar-refractivity contribution in [2.45, 2.75) is 32.2 Å². The highest BCUT2D eigenvalue weighted by atomic mass is 35.5. The Balaban J connectivity index is 1.87. The van der Waals surface area contributed by atoms with E-state index in [-0.39, 0.29) is 6.03 Å². The van der Waals surface area contributed by atoms with Crippen LogP contribution in [0.2, 0.25) is 5.02 Å². The van der Waals surface area contributed by atoms with E-state index in [1.54, 1.807) is 36.4 Å². The van der Waals surface area contributed by atoms with Gasteiger partial charge in [0.25, 0.3) is 0 Å². The van der Waals surface area contributed by atoms with Gasteiger partial charge >= 0.3 is 12.0 Å². The van der Waals surface area contributed by atoms with E-state index in [1.807, 2.05) is 12.1 Å². The average molecular weight is 415 g/mol. The highest BCUT2D eigenvalue weighted by Gasteiger charge is 2.33. The van der Waals surface area contributed by atoms with Crippen molar-refractivity contribution in [3.8, 4) is 11.5 Å². The molecule has 0 fully saturated rings. The van der Waals surface area contributed by atoms with E-state index in [2.05, 4.69) is 17.6 Å². The maximum absolute atomic E-state index is 12.5. The molecular weight excluding hydrogens is 392 g/mol. The summed E-state index contributed by atoms with van der Waals surface area (Å²) in [4.78, 5) is 24.6. The van der Waals surface area contributed by atoms with E-state index in [0.717, 1.165) is 18.4 Å². The van der Waals surface area contributed by atoms with Crippen molar-refractivity contribution < 1.29 is 19.1 Å². The number of hydrogen-bond acceptors (Lipinski definition) is 4. The molecule has 0 saturated heterocycles. The summed E-state index contributed by atoms with van der Waals surface area (Å²) in [6.45, 7) is 2.05. The average Bonchev–Trinajstić information content (AvgIpc) is 2.73. The number of benzene rings is 2. The van der Waals surface area contributed by atoms with Crippen molar-refractivity contribution in [3.63, 3.8) is 0 Å². The van der Waals surface area contributed by atoms with Crippen LogP contribution in [-0.2, 0) is 9.53 Å². The van der Waals surface area contributed by atoms with Gasteiger partial charge in [0.05, 0.1) is 18.7 Å². The molecular formula is C22H23ClN2O4. The van der Waals surface area contributed by atoms with Gasteiger partial charge in [0, 0.05) is 10.7 Å². The molecule has 2 N–H and O–H groups in total. The zero-order valence-electron chi connectivity index (χ0n) is 16.3. The topological polar surface area (TPSA) is 76.7 Å². The first-order chi connectivity index (χ1) is 14.0. The molecule has 6 nitrogen and oxygen atoms in total. The first-order valence-electron chi connectivity index (χ1n) is 9.44. The van der Waals surface area contributed by atoms with E-state index in [9.17, 15) is 9.59 Å². The molecule has 0 aromatic heterocycles. The number of ether oxygens (including phenoxy) is 2. The molecule has 1 atom stereocenters. The third-order valence-corrected chi connectivity index (χ3v) is 4.85. The van der Waals surface area contributed by atoms with Crippen LogP contribution in [0.25, 0.3) is 0 Å². The highest BCUT2D eigenvalue weighted by Crippen LogP contribution is 2.31. The lowest BCUT2D eigenvalue weighted by atomic mass is 9.93. The predicted molar refractivity (Wildman–Crippen MR) is 111 cm³/mol. The maximum Gasteiger partial charge on any atom is 0.337 e. The Bertz CT molecular complexity index is 907. The molecule has 2 aromatic carbocycles. The van der Waals surface area contributed by atoms with Gasteiger partial charge in [-0.1, -0.05) is 37.1 Å². The number of nitrogens with one attached hydrogen (secondary N) is 2. The molecule has 3 rings (SSSR count). The van der Waals surface area contributed by atoms with E-state index < -0.39 is 12.0 Å². The number of hydrogen-bond donors (Lipinski definition) is 2. The minimum atomic E-state index is -0.590. The molecule has 1 unspecified atom stereocenters. The van der Waals surface area contributed by atoms with Crippen LogP contribution in [0, 0.1) is 0 Å². The van der Waals surface area contributed by atoms with Crippen molar-refractivity contribution >= 4 is 23.6 Å². The van der Waals surface area contributed by atoms with Gasteiger partial charge in [-0.25, -0.2) is 9.59 Å². The quantitative estimate of drug-likeness (QED) is 0.617. The summed E-state index contributed by atoms with van der Waals surface area (Å²) in [7, 11) is 1.34. The predicted octanol–water partition coefficient (Wildman–Crippen LogP) is 5.10. The Morgan fingerprint density at radius 2 is 1.69 bits per heavy atom. The number of esters is 1. The van der Waals surface area contributed by atoms with Crippen LogP contribution in [0.1, 0.15) is 37.8 Å². The van der Waals surface area contributed by atoms with Crippen LogP contribution >= 0.6 is 11.6 Å². The third kappa shape index (κ3) is 5.09. The molecule has 2 aromatic rings. The van der Waals surface area contributed by atoms with Crippen molar-refractivity contribution in [1.29, 1.82) is 0 Å². The lowest BCUT2D eigenvalue weighted by molar-refractivity contribution is -0.136. The molecule has 7 heteroatoms. The first kappa shape index (κ1) is 20.7. The van der Waals surface area contributed by atoms with Crippen LogP contribution in [0.3, 0.4) is 0 Å². The number of carbonyl (C=O) groups is 2. The Morgan fingerprint density at radius 3 is 2.28 bits per heavy atom. The molecule has 29 heavy (non-hydrogen) atoms. The number of rotatable bonds is 7. The number of urea groups is 1. The van der Waals surface area contributed by atoms with Gasteiger partial charge < -0.3 is 20.1 Å². The second kappa shape index (κ2) is 9.47. The summed E-state index contributed by atoms with van der Waals surface area (Å²) in [5.41, 5.74) is 1.79. The summed E-state index contributed by atoms with van der Waals surface area (Å²) in [5, 5.41) is 6.21. The number of methoxy groups -OCH3 is 1. The van der Waals surface area contributed by atoms with Crippen LogP contribution in [0.4, 0.5) is 4.79 Å². The van der Waals surface area contributed by atoms with E-state index in [0.29, 0.717) is 34.2 Å². The molecule has 0 radical (unpaired) electrons. The Morgan fingerprint density at radius 1 is 1.07 bits per heavy atom. The van der Waals surface area contributed by atoms with E-state index >= 15 is 0 Å². The number of carbonyl (C=O) groups excluding carboxylic acids is 2. The zero-order chi connectivity index (χ0) is 20.8. The lowest BCUT2D eigenvalue weighted by Gasteiger charge is -2.29. The molecule has 0 aliphatic carbocycles. The molecule has 0 spiro atoms. The SMILES string of the molecule is CCCCC1=C(C(=O)OC)C(c2ccc(Oc3ccc(Cl)cc3)cc2)NC(=O)N1. The number of halogens is 1. The van der Waals surface area contributed by atoms with Gasteiger partial charge in [0.2, 0.25) is 0 Å². The van der Waals surface area contributed by atoms with Crippen molar-refractivity contribution in [3.05, 3.63) is 70.4 Å². The fraction of sp³-hybridized carbons (Fsp3) is 0.273. The second-order valence-electron chi connectivity index (χ2n) is 6.64. The van der Waals surface area contributed by atoms with Crippen molar-refractivity contribution in [1.82, 2.24) is 10.6 Å². The molecule has 1 aliphatic heterocycles. The Kier molecular flexibility index (Phi) is 6.77. The maximum atomic E-state index is 12.5. The van der Waals surface area contributed by atoms with Gasteiger partial charge in [-0.05, 0) is 54.8 Å². The smallest absolute Gasteiger partial charge is 0.337 e. The summed E-state index contributed by atoms with van der Waals surface area (Å²) >= 11 is 5.89. The molecule has 1 aliphatic rings. The largest absolute Gasteiger partial charge is 0.466 e. The van der Waals surface area contributed by atoms with Crippen LogP contribution in [0.15, 0.2) is 59.8 Å². The van der Waals surface area contributed by atoms with Crippen LogP contribution < -0.4 is 15.4 Å². The molecule has 0 saturated carbocycles. The van der Waals surface area contributed by atoms with Crippen LogP contribution in [-0.4, -0.2) is 19.1 Å². The third-order valence-electron chi connectivity index (χ3n) is 4.60. The van der Waals surface area contributed by atoms with Crippen molar-refractivity contribution in [2.75, 3.05) is 7.11 Å². The normalized spacial score (nSPS) is 16.1. The van der Waals surface area contributed by atoms with Gasteiger partial charge in [-0.15, -0.1) is 0 Å². The Hall–Kier alpha value is -2.99. The van der Waals surface area contributed by atoms with Gasteiger partial charge in [0.1, 0.15) is 11.5 Å². The van der Waals surface area contributed by atoms with Gasteiger partial charge in [-0.3, -0.25) is 0 Å².